The molecule has 0 saturated carbocycles. The summed E-state index contributed by atoms with van der Waals surface area (Å²) in [6.45, 7) is 6.62. The van der Waals surface area contributed by atoms with E-state index in [1.54, 1.807) is 0 Å². The minimum atomic E-state index is -0.112. The van der Waals surface area contributed by atoms with E-state index in [-0.39, 0.29) is 17.3 Å². The van der Waals surface area contributed by atoms with Crippen molar-refractivity contribution in [2.75, 3.05) is 31.1 Å². The van der Waals surface area contributed by atoms with Crippen LogP contribution >= 0.6 is 11.6 Å². The van der Waals surface area contributed by atoms with E-state index in [1.807, 2.05) is 32.0 Å². The molecule has 1 fully saturated rings. The van der Waals surface area contributed by atoms with Gasteiger partial charge in [-0.05, 0) is 31.5 Å². The number of benzene rings is 1. The Morgan fingerprint density at radius 3 is 2.47 bits per heavy atom. The van der Waals surface area contributed by atoms with E-state index < -0.39 is 0 Å². The predicted octanol–water partition coefficient (Wildman–Crippen LogP) is 2.38. The summed E-state index contributed by atoms with van der Waals surface area (Å²) in [5, 5.41) is 22.1. The van der Waals surface area contributed by atoms with Crippen molar-refractivity contribution in [3.05, 3.63) is 34.0 Å². The quantitative estimate of drug-likeness (QED) is 0.685. The van der Waals surface area contributed by atoms with Crippen LogP contribution < -0.4 is 4.90 Å². The highest BCUT2D eigenvalue weighted by Crippen LogP contribution is 2.26. The van der Waals surface area contributed by atoms with Crippen LogP contribution in [0.3, 0.4) is 0 Å². The molecule has 1 aromatic rings. The number of aliphatic hydroxyl groups excluding tert-OH is 1. The lowest BCUT2D eigenvalue weighted by atomic mass is 10.1. The van der Waals surface area contributed by atoms with Crippen molar-refractivity contribution in [1.29, 1.82) is 0 Å². The molecule has 19 heavy (non-hydrogen) atoms. The Morgan fingerprint density at radius 1 is 1.37 bits per heavy atom. The Balaban J connectivity index is 2.08. The fourth-order valence-corrected chi connectivity index (χ4v) is 2.67. The summed E-state index contributed by atoms with van der Waals surface area (Å²) >= 11 is 6.10. The molecule has 1 heterocycles. The molecule has 0 bridgehead atoms. The largest absolute Gasteiger partial charge is 0.633 e. The molecule has 2 rings (SSSR count). The van der Waals surface area contributed by atoms with Gasteiger partial charge in [0, 0.05) is 10.7 Å². The molecular weight excluding hydrogens is 264 g/mol. The lowest BCUT2D eigenvalue weighted by molar-refractivity contribution is -0.902. The normalized spacial score (nSPS) is 18.9. The number of halogens is 1. The first-order chi connectivity index (χ1) is 8.96. The van der Waals surface area contributed by atoms with Crippen LogP contribution in [0.25, 0.3) is 0 Å². The molecule has 1 saturated heterocycles. The minimum absolute atomic E-state index is 0.0486. The van der Waals surface area contributed by atoms with Gasteiger partial charge in [-0.1, -0.05) is 17.7 Å². The van der Waals surface area contributed by atoms with Gasteiger partial charge in [-0.25, -0.2) is 0 Å². The molecule has 0 atom stereocenters. The molecule has 0 unspecified atom stereocenters. The Hall–Kier alpha value is -0.810. The van der Waals surface area contributed by atoms with E-state index in [1.165, 1.54) is 0 Å². The highest BCUT2D eigenvalue weighted by Gasteiger charge is 2.28. The Bertz CT molecular complexity index is 443. The number of piperazine rings is 1. The predicted molar refractivity (Wildman–Crippen MR) is 78.1 cm³/mol. The van der Waals surface area contributed by atoms with Gasteiger partial charge in [-0.3, -0.25) is 0 Å². The zero-order chi connectivity index (χ0) is 14.0. The molecule has 106 valence electrons. The minimum Gasteiger partial charge on any atom is -0.633 e. The van der Waals surface area contributed by atoms with E-state index >= 15 is 0 Å². The van der Waals surface area contributed by atoms with Gasteiger partial charge in [-0.2, -0.15) is 0 Å². The zero-order valence-electron chi connectivity index (χ0n) is 11.5. The van der Waals surface area contributed by atoms with Crippen molar-refractivity contribution in [2.45, 2.75) is 26.5 Å². The molecule has 1 aromatic carbocycles. The first-order valence-corrected chi connectivity index (χ1v) is 7.06. The van der Waals surface area contributed by atoms with Crippen LogP contribution in [0.1, 0.15) is 19.4 Å². The molecule has 1 aliphatic heterocycles. The van der Waals surface area contributed by atoms with E-state index in [0.717, 1.165) is 24.3 Å². The SMILES string of the molecule is CC(C)[N+]1([O-])CCN(c2ccc(CO)c(Cl)c2)CC1. The monoisotopic (exact) mass is 284 g/mol. The van der Waals surface area contributed by atoms with Crippen molar-refractivity contribution < 1.29 is 9.75 Å². The van der Waals surface area contributed by atoms with Gasteiger partial charge in [0.15, 0.2) is 0 Å². The summed E-state index contributed by atoms with van der Waals surface area (Å²) in [5.41, 5.74) is 1.76. The molecular formula is C14H21ClN2O2. The van der Waals surface area contributed by atoms with Crippen molar-refractivity contribution in [2.24, 2.45) is 0 Å². The first kappa shape index (κ1) is 14.6. The van der Waals surface area contributed by atoms with E-state index in [4.69, 9.17) is 16.7 Å². The average Bonchev–Trinajstić information content (AvgIpc) is 2.39. The average molecular weight is 285 g/mol. The first-order valence-electron chi connectivity index (χ1n) is 6.68. The second kappa shape index (κ2) is 5.67. The fourth-order valence-electron chi connectivity index (χ4n) is 2.44. The molecule has 0 spiro atoms. The molecule has 1 N–H and O–H groups in total. The van der Waals surface area contributed by atoms with Crippen molar-refractivity contribution in [3.8, 4) is 0 Å². The summed E-state index contributed by atoms with van der Waals surface area (Å²) in [5.74, 6) is 0. The van der Waals surface area contributed by atoms with Gasteiger partial charge in [-0.15, -0.1) is 0 Å². The number of hydrogen-bond acceptors (Lipinski definition) is 3. The second-order valence-electron chi connectivity index (χ2n) is 5.41. The smallest absolute Gasteiger partial charge is 0.0964 e. The van der Waals surface area contributed by atoms with Gasteiger partial charge in [0.2, 0.25) is 0 Å². The number of nitrogens with zero attached hydrogens (tertiary/aromatic N) is 2. The van der Waals surface area contributed by atoms with Crippen molar-refractivity contribution >= 4 is 17.3 Å². The molecule has 0 aromatic heterocycles. The second-order valence-corrected chi connectivity index (χ2v) is 5.82. The van der Waals surface area contributed by atoms with Gasteiger partial charge in [0.05, 0.1) is 38.8 Å². The van der Waals surface area contributed by atoms with Gasteiger partial charge in [0.25, 0.3) is 0 Å². The van der Waals surface area contributed by atoms with Gasteiger partial charge < -0.3 is 19.9 Å². The van der Waals surface area contributed by atoms with Gasteiger partial charge in [0.1, 0.15) is 0 Å². The number of hydroxylamine groups is 3. The number of anilines is 1. The lowest BCUT2D eigenvalue weighted by Gasteiger charge is -2.51. The number of hydrogen-bond donors (Lipinski definition) is 1. The summed E-state index contributed by atoms with van der Waals surface area (Å²) in [6.07, 6.45) is 0. The highest BCUT2D eigenvalue weighted by atomic mass is 35.5. The summed E-state index contributed by atoms with van der Waals surface area (Å²) in [6, 6.07) is 5.78. The van der Waals surface area contributed by atoms with Crippen LogP contribution in [0.15, 0.2) is 18.2 Å². The van der Waals surface area contributed by atoms with E-state index in [9.17, 15) is 5.21 Å². The number of aliphatic hydroxyl groups is 1. The lowest BCUT2D eigenvalue weighted by Crippen LogP contribution is -2.59. The maximum absolute atomic E-state index is 12.4. The topological polar surface area (TPSA) is 46.5 Å². The molecule has 0 amide bonds. The maximum Gasteiger partial charge on any atom is 0.0964 e. The summed E-state index contributed by atoms with van der Waals surface area (Å²) in [7, 11) is 0. The molecule has 1 aliphatic rings. The van der Waals surface area contributed by atoms with Crippen LogP contribution in [-0.4, -0.2) is 42.0 Å². The third-order valence-corrected chi connectivity index (χ3v) is 4.36. The van der Waals surface area contributed by atoms with Crippen LogP contribution in [0.4, 0.5) is 5.69 Å². The molecule has 5 heteroatoms. The number of quaternary nitrogens is 1. The Morgan fingerprint density at radius 2 is 2.00 bits per heavy atom. The van der Waals surface area contributed by atoms with E-state index in [2.05, 4.69) is 4.90 Å². The van der Waals surface area contributed by atoms with Crippen molar-refractivity contribution in [3.63, 3.8) is 0 Å². The standard InChI is InChI=1S/C14H21ClN2O2/c1-11(2)17(19)7-5-16(6-8-17)13-4-3-12(10-18)14(15)9-13/h3-4,9,11,18H,5-8,10H2,1-2H3. The van der Waals surface area contributed by atoms with Crippen LogP contribution in [-0.2, 0) is 6.61 Å². The fraction of sp³-hybridized carbons (Fsp3) is 0.571. The Labute approximate surface area is 119 Å². The summed E-state index contributed by atoms with van der Waals surface area (Å²) < 4.78 is -0.112. The molecule has 4 nitrogen and oxygen atoms in total. The molecule has 0 radical (unpaired) electrons. The summed E-state index contributed by atoms with van der Waals surface area (Å²) in [4.78, 5) is 2.18. The van der Waals surface area contributed by atoms with Crippen LogP contribution in [0.5, 0.6) is 0 Å². The van der Waals surface area contributed by atoms with Crippen LogP contribution in [0, 0.1) is 5.21 Å². The highest BCUT2D eigenvalue weighted by molar-refractivity contribution is 6.31. The Kier molecular flexibility index (Phi) is 4.36. The third kappa shape index (κ3) is 3.03. The van der Waals surface area contributed by atoms with E-state index in [0.29, 0.717) is 18.1 Å². The maximum atomic E-state index is 12.4. The van der Waals surface area contributed by atoms with Crippen LogP contribution in [0.2, 0.25) is 5.02 Å². The number of rotatable bonds is 3. The molecule has 0 aliphatic carbocycles. The zero-order valence-corrected chi connectivity index (χ0v) is 12.2. The van der Waals surface area contributed by atoms with Gasteiger partial charge >= 0.3 is 0 Å². The van der Waals surface area contributed by atoms with Crippen molar-refractivity contribution in [1.82, 2.24) is 0 Å². The third-order valence-electron chi connectivity index (χ3n) is 4.01.